The standard InChI is InChI=1S/C21H24Cl2N4O/c1-13-15(9-5-11-24-13)21(28)25-20-17(16-8-4-10-18(22)19(16)23)12-27(26-20)14-6-2-3-7-14/h4-5,8-11,14,17,20,26H,2-3,6-7,12H2,1H3,(H,25,28). The fraction of sp³-hybridized carbons (Fsp3) is 0.429. The monoisotopic (exact) mass is 418 g/mol. The number of hydrogen-bond acceptors (Lipinski definition) is 4. The van der Waals surface area contributed by atoms with Crippen molar-refractivity contribution in [1.29, 1.82) is 0 Å². The summed E-state index contributed by atoms with van der Waals surface area (Å²) >= 11 is 12.8. The lowest BCUT2D eigenvalue weighted by Crippen LogP contribution is -2.49. The molecule has 1 aliphatic heterocycles. The SMILES string of the molecule is Cc1ncccc1C(=O)NC1NN(C2CCCC2)CC1c1cccc(Cl)c1Cl. The zero-order valence-corrected chi connectivity index (χ0v) is 17.3. The molecule has 0 radical (unpaired) electrons. The van der Waals surface area contributed by atoms with Crippen molar-refractivity contribution >= 4 is 29.1 Å². The van der Waals surface area contributed by atoms with Crippen LogP contribution in [-0.2, 0) is 0 Å². The fourth-order valence-electron chi connectivity index (χ4n) is 4.27. The highest BCUT2D eigenvalue weighted by molar-refractivity contribution is 6.42. The molecule has 7 heteroatoms. The van der Waals surface area contributed by atoms with Gasteiger partial charge in [0.1, 0.15) is 6.17 Å². The lowest BCUT2D eigenvalue weighted by atomic mass is 9.96. The quantitative estimate of drug-likeness (QED) is 0.776. The van der Waals surface area contributed by atoms with Crippen molar-refractivity contribution in [2.45, 2.75) is 50.7 Å². The summed E-state index contributed by atoms with van der Waals surface area (Å²) < 4.78 is 0. The average molecular weight is 419 g/mol. The van der Waals surface area contributed by atoms with Gasteiger partial charge in [-0.25, -0.2) is 10.4 Å². The van der Waals surface area contributed by atoms with Gasteiger partial charge in [0.25, 0.3) is 5.91 Å². The van der Waals surface area contributed by atoms with Crippen molar-refractivity contribution in [3.05, 3.63) is 63.4 Å². The van der Waals surface area contributed by atoms with Gasteiger partial charge in [0.15, 0.2) is 0 Å². The van der Waals surface area contributed by atoms with E-state index in [2.05, 4.69) is 20.7 Å². The molecule has 1 aliphatic carbocycles. The van der Waals surface area contributed by atoms with E-state index >= 15 is 0 Å². The fourth-order valence-corrected chi connectivity index (χ4v) is 4.72. The van der Waals surface area contributed by atoms with Gasteiger partial charge in [-0.2, -0.15) is 0 Å². The van der Waals surface area contributed by atoms with Crippen LogP contribution in [0.25, 0.3) is 0 Å². The minimum Gasteiger partial charge on any atom is -0.335 e. The van der Waals surface area contributed by atoms with Crippen LogP contribution in [0.1, 0.15) is 53.2 Å². The van der Waals surface area contributed by atoms with Crippen LogP contribution in [0.5, 0.6) is 0 Å². The molecule has 1 aromatic heterocycles. The Morgan fingerprint density at radius 1 is 1.21 bits per heavy atom. The zero-order valence-electron chi connectivity index (χ0n) is 15.8. The van der Waals surface area contributed by atoms with Crippen molar-refractivity contribution in [3.8, 4) is 0 Å². The second-order valence-corrected chi connectivity index (χ2v) is 8.34. The van der Waals surface area contributed by atoms with Gasteiger partial charge >= 0.3 is 0 Å². The molecule has 5 nitrogen and oxygen atoms in total. The first-order chi connectivity index (χ1) is 13.5. The van der Waals surface area contributed by atoms with Crippen LogP contribution in [0.3, 0.4) is 0 Å². The molecule has 1 aromatic carbocycles. The third kappa shape index (κ3) is 3.90. The number of hydrazine groups is 1. The molecule has 2 aliphatic rings. The maximum absolute atomic E-state index is 12.9. The van der Waals surface area contributed by atoms with E-state index < -0.39 is 0 Å². The number of pyridine rings is 1. The Morgan fingerprint density at radius 2 is 2.00 bits per heavy atom. The maximum atomic E-state index is 12.9. The van der Waals surface area contributed by atoms with Gasteiger partial charge in [-0.15, -0.1) is 0 Å². The number of aryl methyl sites for hydroxylation is 1. The van der Waals surface area contributed by atoms with E-state index in [0.717, 1.165) is 12.1 Å². The molecule has 0 spiro atoms. The van der Waals surface area contributed by atoms with Crippen molar-refractivity contribution in [2.75, 3.05) is 6.54 Å². The third-order valence-corrected chi connectivity index (χ3v) is 6.62. The first-order valence-electron chi connectivity index (χ1n) is 9.74. The summed E-state index contributed by atoms with van der Waals surface area (Å²) in [5.74, 6) is -0.132. The number of nitrogens with zero attached hydrogens (tertiary/aromatic N) is 2. The summed E-state index contributed by atoms with van der Waals surface area (Å²) in [5.41, 5.74) is 5.78. The van der Waals surface area contributed by atoms with Crippen LogP contribution < -0.4 is 10.7 Å². The molecular weight excluding hydrogens is 395 g/mol. The number of aromatic nitrogens is 1. The van der Waals surface area contributed by atoms with Gasteiger partial charge in [-0.3, -0.25) is 9.78 Å². The van der Waals surface area contributed by atoms with Gasteiger partial charge in [0.2, 0.25) is 0 Å². The summed E-state index contributed by atoms with van der Waals surface area (Å²) in [4.78, 5) is 17.1. The number of rotatable bonds is 4. The normalized spacial score (nSPS) is 23.2. The Kier molecular flexibility index (Phi) is 5.88. The lowest BCUT2D eigenvalue weighted by molar-refractivity contribution is 0.0905. The number of benzene rings is 1. The minimum absolute atomic E-state index is 0.00716. The predicted molar refractivity (Wildman–Crippen MR) is 112 cm³/mol. The van der Waals surface area contributed by atoms with E-state index in [1.165, 1.54) is 25.7 Å². The van der Waals surface area contributed by atoms with Gasteiger partial charge in [0, 0.05) is 30.4 Å². The molecule has 2 atom stereocenters. The number of amides is 1. The smallest absolute Gasteiger partial charge is 0.254 e. The second-order valence-electron chi connectivity index (χ2n) is 7.56. The molecule has 2 aromatic rings. The lowest BCUT2D eigenvalue weighted by Gasteiger charge is -2.24. The molecule has 2 N–H and O–H groups in total. The van der Waals surface area contributed by atoms with E-state index in [-0.39, 0.29) is 18.0 Å². The van der Waals surface area contributed by atoms with Crippen LogP contribution >= 0.6 is 23.2 Å². The van der Waals surface area contributed by atoms with E-state index in [9.17, 15) is 4.79 Å². The molecule has 2 heterocycles. The molecule has 4 rings (SSSR count). The Bertz CT molecular complexity index is 869. The molecule has 1 saturated carbocycles. The maximum Gasteiger partial charge on any atom is 0.254 e. The summed E-state index contributed by atoms with van der Waals surface area (Å²) in [6.07, 6.45) is 6.27. The molecular formula is C21H24Cl2N4O. The van der Waals surface area contributed by atoms with Crippen molar-refractivity contribution < 1.29 is 4.79 Å². The van der Waals surface area contributed by atoms with Gasteiger partial charge < -0.3 is 5.32 Å². The van der Waals surface area contributed by atoms with Crippen molar-refractivity contribution in [2.24, 2.45) is 0 Å². The van der Waals surface area contributed by atoms with Gasteiger partial charge in [0.05, 0.1) is 15.6 Å². The molecule has 2 unspecified atom stereocenters. The van der Waals surface area contributed by atoms with E-state index in [1.807, 2.05) is 19.1 Å². The van der Waals surface area contributed by atoms with Crippen LogP contribution in [0.4, 0.5) is 0 Å². The van der Waals surface area contributed by atoms with Crippen molar-refractivity contribution in [3.63, 3.8) is 0 Å². The number of carbonyl (C=O) groups excluding carboxylic acids is 1. The predicted octanol–water partition coefficient (Wildman–Crippen LogP) is 4.30. The Hall–Kier alpha value is -1.66. The zero-order chi connectivity index (χ0) is 19.7. The molecule has 1 saturated heterocycles. The Labute approximate surface area is 175 Å². The molecule has 148 valence electrons. The first kappa shape index (κ1) is 19.6. The molecule has 28 heavy (non-hydrogen) atoms. The number of halogens is 2. The van der Waals surface area contributed by atoms with Crippen LogP contribution in [-0.4, -0.2) is 34.7 Å². The Morgan fingerprint density at radius 3 is 2.75 bits per heavy atom. The Balaban J connectivity index is 1.60. The molecule has 1 amide bonds. The largest absolute Gasteiger partial charge is 0.335 e. The highest BCUT2D eigenvalue weighted by Gasteiger charge is 2.39. The first-order valence-corrected chi connectivity index (χ1v) is 10.5. The number of nitrogens with one attached hydrogen (secondary N) is 2. The summed E-state index contributed by atoms with van der Waals surface area (Å²) in [6, 6.07) is 9.75. The topological polar surface area (TPSA) is 57.3 Å². The second kappa shape index (κ2) is 8.37. The highest BCUT2D eigenvalue weighted by atomic mass is 35.5. The van der Waals surface area contributed by atoms with E-state index in [4.69, 9.17) is 23.2 Å². The van der Waals surface area contributed by atoms with Crippen LogP contribution in [0, 0.1) is 6.92 Å². The number of carbonyl (C=O) groups is 1. The van der Waals surface area contributed by atoms with Crippen molar-refractivity contribution in [1.82, 2.24) is 20.7 Å². The van der Waals surface area contributed by atoms with Gasteiger partial charge in [-0.05, 0) is 43.5 Å². The summed E-state index contributed by atoms with van der Waals surface area (Å²) in [7, 11) is 0. The van der Waals surface area contributed by atoms with Crippen LogP contribution in [0.2, 0.25) is 10.0 Å². The van der Waals surface area contributed by atoms with Crippen LogP contribution in [0.15, 0.2) is 36.5 Å². The minimum atomic E-state index is -0.260. The molecule has 2 fully saturated rings. The third-order valence-electron chi connectivity index (χ3n) is 5.79. The molecule has 0 bridgehead atoms. The average Bonchev–Trinajstić information content (AvgIpc) is 3.34. The van der Waals surface area contributed by atoms with Gasteiger partial charge in [-0.1, -0.05) is 48.2 Å². The summed E-state index contributed by atoms with van der Waals surface area (Å²) in [5, 5.41) is 6.52. The van der Waals surface area contributed by atoms with E-state index in [1.54, 1.807) is 24.4 Å². The number of hydrogen-bond donors (Lipinski definition) is 2. The summed E-state index contributed by atoms with van der Waals surface area (Å²) in [6.45, 7) is 2.62. The highest BCUT2D eigenvalue weighted by Crippen LogP contribution is 2.36. The van der Waals surface area contributed by atoms with E-state index in [0.29, 0.717) is 27.3 Å².